The number of nitrogens with two attached hydrogens (primary N) is 1. The summed E-state index contributed by atoms with van der Waals surface area (Å²) in [6.07, 6.45) is 1.27. The summed E-state index contributed by atoms with van der Waals surface area (Å²) in [5.41, 5.74) is 7.39. The first-order valence-corrected chi connectivity index (χ1v) is 5.48. The third-order valence-corrected chi connectivity index (χ3v) is 2.90. The van der Waals surface area contributed by atoms with Crippen molar-refractivity contribution < 1.29 is 4.74 Å². The molecule has 0 aliphatic heterocycles. The minimum Gasteiger partial charge on any atom is -0.382 e. The fourth-order valence-electron chi connectivity index (χ4n) is 1.77. The third-order valence-electron chi connectivity index (χ3n) is 2.90. The van der Waals surface area contributed by atoms with Gasteiger partial charge in [0.1, 0.15) is 0 Å². The molecule has 0 saturated heterocycles. The van der Waals surface area contributed by atoms with Gasteiger partial charge in [-0.05, 0) is 24.8 Å². The quantitative estimate of drug-likeness (QED) is 0.805. The second-order valence-corrected chi connectivity index (χ2v) is 4.20. The Balaban J connectivity index is 2.57. The molecule has 1 aromatic rings. The van der Waals surface area contributed by atoms with Crippen LogP contribution in [0.2, 0.25) is 0 Å². The van der Waals surface area contributed by atoms with E-state index in [-0.39, 0.29) is 12.1 Å². The minimum absolute atomic E-state index is 0.101. The van der Waals surface area contributed by atoms with Gasteiger partial charge in [-0.15, -0.1) is 0 Å². The van der Waals surface area contributed by atoms with Crippen LogP contribution in [0.5, 0.6) is 0 Å². The predicted octanol–water partition coefficient (Wildman–Crippen LogP) is 2.75. The van der Waals surface area contributed by atoms with E-state index in [2.05, 4.69) is 26.0 Å². The molecule has 0 heterocycles. The van der Waals surface area contributed by atoms with Crippen molar-refractivity contribution in [2.45, 2.75) is 32.4 Å². The first kappa shape index (κ1) is 12.2. The van der Waals surface area contributed by atoms with Gasteiger partial charge in [0.05, 0.1) is 6.10 Å². The lowest BCUT2D eigenvalue weighted by Gasteiger charge is -2.22. The Morgan fingerprint density at radius 3 is 2.33 bits per heavy atom. The molecule has 0 aliphatic carbocycles. The van der Waals surface area contributed by atoms with Crippen LogP contribution in [0, 0.1) is 5.92 Å². The molecule has 15 heavy (non-hydrogen) atoms. The van der Waals surface area contributed by atoms with Crippen molar-refractivity contribution in [1.82, 2.24) is 0 Å². The summed E-state index contributed by atoms with van der Waals surface area (Å²) in [5.74, 6) is 0.433. The molecule has 0 amide bonds. The molecule has 0 saturated carbocycles. The van der Waals surface area contributed by atoms with Gasteiger partial charge in [0.15, 0.2) is 0 Å². The van der Waals surface area contributed by atoms with E-state index >= 15 is 0 Å². The molecule has 3 atom stereocenters. The van der Waals surface area contributed by atoms with Gasteiger partial charge < -0.3 is 10.5 Å². The molecule has 1 aromatic carbocycles. The van der Waals surface area contributed by atoms with E-state index in [4.69, 9.17) is 10.5 Å². The summed E-state index contributed by atoms with van der Waals surface area (Å²) in [7, 11) is 1.74. The zero-order valence-electron chi connectivity index (χ0n) is 9.81. The summed E-state index contributed by atoms with van der Waals surface area (Å²) in [6.45, 7) is 4.25. The fraction of sp³-hybridized carbons (Fsp3) is 0.538. The Morgan fingerprint density at radius 2 is 1.80 bits per heavy atom. The van der Waals surface area contributed by atoms with Crippen molar-refractivity contribution in [1.29, 1.82) is 0 Å². The van der Waals surface area contributed by atoms with Crippen LogP contribution < -0.4 is 5.73 Å². The largest absolute Gasteiger partial charge is 0.382 e. The van der Waals surface area contributed by atoms with Gasteiger partial charge in [-0.2, -0.15) is 0 Å². The maximum absolute atomic E-state index is 6.19. The van der Waals surface area contributed by atoms with E-state index in [9.17, 15) is 0 Å². The molecular weight excluding hydrogens is 186 g/mol. The number of hydrogen-bond donors (Lipinski definition) is 1. The van der Waals surface area contributed by atoms with E-state index in [1.54, 1.807) is 7.11 Å². The molecule has 0 radical (unpaired) electrons. The lowest BCUT2D eigenvalue weighted by Crippen LogP contribution is -2.23. The van der Waals surface area contributed by atoms with Gasteiger partial charge in [0, 0.05) is 13.2 Å². The van der Waals surface area contributed by atoms with E-state index < -0.39 is 0 Å². The molecule has 2 N–H and O–H groups in total. The molecule has 3 unspecified atom stereocenters. The van der Waals surface area contributed by atoms with Gasteiger partial charge in [-0.25, -0.2) is 0 Å². The molecule has 0 spiro atoms. The molecule has 0 fully saturated rings. The van der Waals surface area contributed by atoms with Crippen LogP contribution in [0.15, 0.2) is 30.3 Å². The number of methoxy groups -OCH3 is 1. The number of rotatable bonds is 5. The number of hydrogen-bond acceptors (Lipinski definition) is 2. The molecule has 2 nitrogen and oxygen atoms in total. The first-order valence-electron chi connectivity index (χ1n) is 5.48. The number of ether oxygens (including phenoxy) is 1. The van der Waals surface area contributed by atoms with Crippen LogP contribution in [-0.4, -0.2) is 13.2 Å². The van der Waals surface area contributed by atoms with Crippen molar-refractivity contribution in [3.63, 3.8) is 0 Å². The highest BCUT2D eigenvalue weighted by Crippen LogP contribution is 2.23. The lowest BCUT2D eigenvalue weighted by molar-refractivity contribution is 0.0934. The Bertz CT molecular complexity index is 273. The maximum atomic E-state index is 6.19. The van der Waals surface area contributed by atoms with Crippen molar-refractivity contribution in [3.8, 4) is 0 Å². The highest BCUT2D eigenvalue weighted by molar-refractivity contribution is 5.18. The van der Waals surface area contributed by atoms with Gasteiger partial charge in [-0.3, -0.25) is 0 Å². The van der Waals surface area contributed by atoms with Crippen molar-refractivity contribution in [2.75, 3.05) is 7.11 Å². The lowest BCUT2D eigenvalue weighted by atomic mass is 9.91. The predicted molar refractivity (Wildman–Crippen MR) is 63.6 cm³/mol. The summed E-state index contributed by atoms with van der Waals surface area (Å²) in [5, 5.41) is 0. The summed E-state index contributed by atoms with van der Waals surface area (Å²) in [6, 6.07) is 10.3. The van der Waals surface area contributed by atoms with Crippen LogP contribution in [0.4, 0.5) is 0 Å². The molecule has 0 aromatic heterocycles. The monoisotopic (exact) mass is 207 g/mol. The van der Waals surface area contributed by atoms with Gasteiger partial charge in [-0.1, -0.05) is 37.3 Å². The Morgan fingerprint density at radius 1 is 1.20 bits per heavy atom. The minimum atomic E-state index is 0.101. The average molecular weight is 207 g/mol. The SMILES string of the molecule is COC(C)CC(C)C(N)c1ccccc1. The summed E-state index contributed by atoms with van der Waals surface area (Å²) in [4.78, 5) is 0. The van der Waals surface area contributed by atoms with Gasteiger partial charge >= 0.3 is 0 Å². The Kier molecular flexibility index (Phi) is 4.79. The zero-order valence-corrected chi connectivity index (χ0v) is 9.81. The molecule has 84 valence electrons. The fourth-order valence-corrected chi connectivity index (χ4v) is 1.77. The van der Waals surface area contributed by atoms with Crippen LogP contribution >= 0.6 is 0 Å². The summed E-state index contributed by atoms with van der Waals surface area (Å²) >= 11 is 0. The smallest absolute Gasteiger partial charge is 0.0546 e. The standard InChI is InChI=1S/C13H21NO/c1-10(9-11(2)15-3)13(14)12-7-5-4-6-8-12/h4-8,10-11,13H,9,14H2,1-3H3. The van der Waals surface area contributed by atoms with Crippen LogP contribution in [-0.2, 0) is 4.74 Å². The van der Waals surface area contributed by atoms with E-state index in [1.807, 2.05) is 18.2 Å². The molecule has 0 bridgehead atoms. The third kappa shape index (κ3) is 3.65. The zero-order chi connectivity index (χ0) is 11.3. The normalized spacial score (nSPS) is 17.1. The van der Waals surface area contributed by atoms with Crippen molar-refractivity contribution in [3.05, 3.63) is 35.9 Å². The first-order chi connectivity index (χ1) is 7.15. The van der Waals surface area contributed by atoms with Crippen molar-refractivity contribution >= 4 is 0 Å². The Labute approximate surface area is 92.4 Å². The van der Waals surface area contributed by atoms with E-state index in [0.717, 1.165) is 6.42 Å². The topological polar surface area (TPSA) is 35.2 Å². The average Bonchev–Trinajstić information content (AvgIpc) is 2.29. The molecular formula is C13H21NO. The van der Waals surface area contributed by atoms with E-state index in [0.29, 0.717) is 5.92 Å². The summed E-state index contributed by atoms with van der Waals surface area (Å²) < 4.78 is 5.25. The van der Waals surface area contributed by atoms with Crippen LogP contribution in [0.3, 0.4) is 0 Å². The molecule has 2 heteroatoms. The van der Waals surface area contributed by atoms with Crippen LogP contribution in [0.25, 0.3) is 0 Å². The molecule has 1 rings (SSSR count). The second-order valence-electron chi connectivity index (χ2n) is 4.20. The molecule has 0 aliphatic rings. The second kappa shape index (κ2) is 5.89. The number of benzene rings is 1. The van der Waals surface area contributed by atoms with Gasteiger partial charge in [0.2, 0.25) is 0 Å². The van der Waals surface area contributed by atoms with Crippen molar-refractivity contribution in [2.24, 2.45) is 11.7 Å². The van der Waals surface area contributed by atoms with Crippen LogP contribution in [0.1, 0.15) is 31.9 Å². The maximum Gasteiger partial charge on any atom is 0.0546 e. The highest BCUT2D eigenvalue weighted by atomic mass is 16.5. The van der Waals surface area contributed by atoms with Gasteiger partial charge in [0.25, 0.3) is 0 Å². The highest BCUT2D eigenvalue weighted by Gasteiger charge is 2.16. The Hall–Kier alpha value is -0.860. The van der Waals surface area contributed by atoms with E-state index in [1.165, 1.54) is 5.56 Å².